The van der Waals surface area contributed by atoms with Crippen LogP contribution in [0.5, 0.6) is 0 Å². The number of aliphatic hydroxyl groups is 8. The molecule has 2 heterocycles. The number of aliphatic carboxylic acids is 6. The van der Waals surface area contributed by atoms with Crippen LogP contribution in [0.4, 0.5) is 0 Å². The van der Waals surface area contributed by atoms with Crippen molar-refractivity contribution >= 4 is 48.0 Å². The molecule has 2 aromatic rings. The molecule has 0 spiro atoms. The number of carboxylic acid groups (broad SMARTS) is 6. The Kier molecular flexibility index (Phi) is 24.9. The Balaban J connectivity index is -0.000000578. The van der Waals surface area contributed by atoms with Crippen LogP contribution >= 0.6 is 0 Å². The summed E-state index contributed by atoms with van der Waals surface area (Å²) in [5, 5.41) is 129. The first-order valence-corrected chi connectivity index (χ1v) is 12.2. The topological polar surface area (TPSA) is 460 Å². The minimum Gasteiger partial charge on any atom is -0.547 e. The van der Waals surface area contributed by atoms with Crippen molar-refractivity contribution in [2.24, 2.45) is 0 Å². The second kappa shape index (κ2) is 25.2. The van der Waals surface area contributed by atoms with Crippen molar-refractivity contribution in [1.82, 2.24) is 19.9 Å². The Morgan fingerprint density at radius 2 is 0.735 bits per heavy atom. The Hall–Kier alpha value is -4.91. The quantitative estimate of drug-likeness (QED) is 0.0627. The second-order valence-electron chi connectivity index (χ2n) is 8.34. The molecular weight excluding hydrogens is 760 g/mol. The third-order valence-electron chi connectivity index (χ3n) is 4.80. The van der Waals surface area contributed by atoms with E-state index in [9.17, 15) is 59.4 Å². The number of aliphatic hydroxyl groups excluding tert-OH is 8. The van der Waals surface area contributed by atoms with Gasteiger partial charge in [-0.25, -0.2) is 9.97 Å². The third-order valence-corrected chi connectivity index (χ3v) is 4.80. The molecule has 0 aliphatic heterocycles. The van der Waals surface area contributed by atoms with Gasteiger partial charge in [0.25, 0.3) is 0 Å². The van der Waals surface area contributed by atoms with Crippen molar-refractivity contribution in [2.45, 2.75) is 48.8 Å². The maximum Gasteiger partial charge on any atom is 0.122 e. The average Bonchev–Trinajstić information content (AvgIpc) is 3.75. The predicted octanol–water partition coefficient (Wildman–Crippen LogP) is -13.8. The Morgan fingerprint density at radius 3 is 0.878 bits per heavy atom. The van der Waals surface area contributed by atoms with Crippen molar-refractivity contribution in [3.63, 3.8) is 0 Å². The van der Waals surface area contributed by atoms with E-state index >= 15 is 0 Å². The van der Waals surface area contributed by atoms with E-state index in [1.54, 1.807) is 0 Å². The van der Waals surface area contributed by atoms with Crippen LogP contribution in [0.1, 0.15) is 11.4 Å². The first-order chi connectivity index (χ1) is 22.1. The predicted molar refractivity (Wildman–Crippen MR) is 133 cm³/mol. The van der Waals surface area contributed by atoms with E-state index < -0.39 is 84.6 Å². The number of H-pyrrole nitrogens is 2. The summed E-state index contributed by atoms with van der Waals surface area (Å²) in [7, 11) is 0. The summed E-state index contributed by atoms with van der Waals surface area (Å²) in [6.07, 6.45) is -8.94. The number of hydrogen-bond acceptors (Lipinski definition) is 22. The molecule has 0 saturated carbocycles. The normalized spacial score (nSPS) is 15.3. The van der Waals surface area contributed by atoms with E-state index in [-0.39, 0.29) is 21.1 Å². The fourth-order valence-corrected chi connectivity index (χ4v) is 2.34. The zero-order valence-electron chi connectivity index (χ0n) is 24.0. The molecule has 0 aliphatic carbocycles. The van der Waals surface area contributed by atoms with E-state index in [1.165, 1.54) is 37.2 Å². The van der Waals surface area contributed by atoms with E-state index in [4.69, 9.17) is 40.9 Å². The molecule has 24 nitrogen and oxygen atoms in total. The van der Waals surface area contributed by atoms with Gasteiger partial charge in [-0.3, -0.25) is 0 Å². The number of carbonyl (C=O) groups excluding carboxylic acids is 6. The van der Waals surface area contributed by atoms with E-state index in [2.05, 4.69) is 19.9 Å². The van der Waals surface area contributed by atoms with Gasteiger partial charge in [-0.1, -0.05) is 0 Å². The zero-order valence-corrected chi connectivity index (χ0v) is 26.0. The second-order valence-corrected chi connectivity index (χ2v) is 8.34. The van der Waals surface area contributed by atoms with Crippen molar-refractivity contribution in [1.29, 1.82) is 0 Å². The van der Waals surface area contributed by atoms with E-state index in [0.29, 0.717) is 11.4 Å². The molecule has 0 unspecified atom stereocenters. The molecule has 8 atom stereocenters. The molecule has 49 heavy (non-hydrogen) atoms. The number of rotatable bonds is 14. The van der Waals surface area contributed by atoms with Crippen LogP contribution in [-0.4, -0.2) is 145 Å². The molecule has 0 aliphatic rings. The molecule has 0 amide bonds. The fourth-order valence-electron chi connectivity index (χ4n) is 2.34. The number of nitrogens with one attached hydrogen (secondary N) is 2. The van der Waals surface area contributed by atoms with Gasteiger partial charge in [0.2, 0.25) is 0 Å². The molecule has 0 bridgehead atoms. The molecule has 25 heteroatoms. The molecular formula is C24H26MoN4O20-6. The van der Waals surface area contributed by atoms with Crippen molar-refractivity contribution in [2.75, 3.05) is 0 Å². The average molecular weight is 786 g/mol. The number of aromatic nitrogens is 4. The Morgan fingerprint density at radius 1 is 0.510 bits per heavy atom. The van der Waals surface area contributed by atoms with E-state index in [1.807, 2.05) is 0 Å². The summed E-state index contributed by atoms with van der Waals surface area (Å²) < 4.78 is 0. The molecule has 2 rings (SSSR count). The van der Waals surface area contributed by atoms with Gasteiger partial charge >= 0.3 is 0 Å². The van der Waals surface area contributed by atoms with Crippen LogP contribution in [0, 0.1) is 0 Å². The summed E-state index contributed by atoms with van der Waals surface area (Å²) >= 11 is 0. The summed E-state index contributed by atoms with van der Waals surface area (Å²) in [5.41, 5.74) is 1.29. The minimum absolute atomic E-state index is 0. The first kappa shape index (κ1) is 48.5. The molecule has 0 fully saturated rings. The number of hydrogen-bond donors (Lipinski definition) is 10. The van der Waals surface area contributed by atoms with Crippen LogP contribution < -0.4 is 30.6 Å². The van der Waals surface area contributed by atoms with Gasteiger partial charge in [0.15, 0.2) is 0 Å². The fraction of sp³-hybridized carbons (Fsp3) is 0.333. The number of aromatic amines is 2. The zero-order chi connectivity index (χ0) is 37.7. The number of imidazole rings is 2. The molecule has 274 valence electrons. The maximum atomic E-state index is 9.96. The number of carbonyl (C=O) groups is 6. The molecule has 0 saturated heterocycles. The summed E-state index contributed by atoms with van der Waals surface area (Å²) in [6.45, 7) is 0. The largest absolute Gasteiger partial charge is 0.547 e. The summed E-state index contributed by atoms with van der Waals surface area (Å²) in [5.74, 6) is -10.9. The molecule has 0 aromatic carbocycles. The summed E-state index contributed by atoms with van der Waals surface area (Å²) in [4.78, 5) is 72.3. The SMILES string of the molecule is O=C([O-])C=Cc1cnc[nH]1.O=C([O-])C=Cc1cnc[nH]1.O=C([O-])[C@@H](O)[C@@H](O)[C@H](O)[C@@H](O)C(=O)[O-].O=C([O-])[C@@H](O)[C@@H](O)[C@H](O)[C@@H](O)C(=O)[O-].[Mo]. The van der Waals surface area contributed by atoms with E-state index in [0.717, 1.165) is 12.2 Å². The van der Waals surface area contributed by atoms with Gasteiger partial charge in [0, 0.05) is 21.1 Å². The van der Waals surface area contributed by atoms with Crippen LogP contribution in [-0.2, 0) is 49.8 Å². The van der Waals surface area contributed by atoms with Gasteiger partial charge < -0.3 is 110 Å². The Bertz CT molecular complexity index is 1200. The molecule has 10 N–H and O–H groups in total. The van der Waals surface area contributed by atoms with Crippen LogP contribution in [0.15, 0.2) is 37.2 Å². The van der Waals surface area contributed by atoms with Crippen LogP contribution in [0.25, 0.3) is 12.2 Å². The monoisotopic (exact) mass is 788 g/mol. The maximum absolute atomic E-state index is 9.96. The van der Waals surface area contributed by atoms with Gasteiger partial charge in [-0.05, 0) is 24.3 Å². The molecule has 2 aromatic heterocycles. The van der Waals surface area contributed by atoms with Crippen LogP contribution in [0.3, 0.4) is 0 Å². The molecule has 0 radical (unpaired) electrons. The summed E-state index contributed by atoms with van der Waals surface area (Å²) in [6, 6.07) is 0. The smallest absolute Gasteiger partial charge is 0.122 e. The van der Waals surface area contributed by atoms with Crippen molar-refractivity contribution < 1.29 is 121 Å². The minimum atomic E-state index is -2.50. The Labute approximate surface area is 286 Å². The van der Waals surface area contributed by atoms with Gasteiger partial charge in [0.05, 0.1) is 72.3 Å². The van der Waals surface area contributed by atoms with Gasteiger partial charge in [-0.15, -0.1) is 0 Å². The number of carboxylic acids is 6. The first-order valence-electron chi connectivity index (χ1n) is 12.2. The third kappa shape index (κ3) is 20.8. The van der Waals surface area contributed by atoms with Gasteiger partial charge in [-0.2, -0.15) is 0 Å². The van der Waals surface area contributed by atoms with Crippen molar-refractivity contribution in [3.05, 3.63) is 48.6 Å². The standard InChI is InChI=1S/2C6H6N2O2.2C6H10O8.Mo/c2*9-6(10)2-1-5-3-7-4-8-5;2*7-1(3(9)5(11)12)2(8)4(10)6(13)14;/h2*1-4H,(H,7,8)(H,9,10);2*1-4,7-10H,(H,11,12)(H,13,14);/p-6/t;;2*1-,2-,3-,4+;/m..00./s1. The van der Waals surface area contributed by atoms with Crippen LogP contribution in [0.2, 0.25) is 0 Å². The number of nitrogens with zero attached hydrogens (tertiary/aromatic N) is 2. The van der Waals surface area contributed by atoms with Gasteiger partial charge in [0.1, 0.15) is 48.8 Å². The van der Waals surface area contributed by atoms with Crippen molar-refractivity contribution in [3.8, 4) is 0 Å².